The van der Waals surface area contributed by atoms with E-state index in [2.05, 4.69) is 50.4 Å². The summed E-state index contributed by atoms with van der Waals surface area (Å²) in [5.41, 5.74) is 5.04. The predicted octanol–water partition coefficient (Wildman–Crippen LogP) is 5.36. The number of anilines is 3. The quantitative estimate of drug-likeness (QED) is 0.182. The number of carbonyl (C=O) groups is 3. The van der Waals surface area contributed by atoms with Crippen molar-refractivity contribution in [1.82, 2.24) is 19.3 Å². The Morgan fingerprint density at radius 2 is 1.58 bits per heavy atom. The Morgan fingerprint density at radius 1 is 0.900 bits per heavy atom. The Hall–Kier alpha value is -5.17. The number of methoxy groups -OCH3 is 1. The highest BCUT2D eigenvalue weighted by atomic mass is 16.5. The van der Waals surface area contributed by atoms with E-state index in [1.807, 2.05) is 37.2 Å². The van der Waals surface area contributed by atoms with Crippen LogP contribution in [-0.4, -0.2) is 105 Å². The molecule has 12 heteroatoms. The van der Waals surface area contributed by atoms with E-state index >= 15 is 0 Å². The van der Waals surface area contributed by atoms with Gasteiger partial charge >= 0.3 is 6.03 Å². The fraction of sp³-hybridized carbons (Fsp3) is 0.342. The minimum atomic E-state index is -0.469. The molecule has 1 fully saturated rings. The van der Waals surface area contributed by atoms with Crippen molar-refractivity contribution in [2.45, 2.75) is 19.9 Å². The summed E-state index contributed by atoms with van der Waals surface area (Å²) < 4.78 is 13.9. The number of ketones is 1. The molecule has 4 aromatic rings. The van der Waals surface area contributed by atoms with Crippen molar-refractivity contribution in [2.24, 2.45) is 0 Å². The van der Waals surface area contributed by atoms with Gasteiger partial charge in [0.05, 0.1) is 12.7 Å². The van der Waals surface area contributed by atoms with Crippen LogP contribution in [0.15, 0.2) is 66.4 Å². The van der Waals surface area contributed by atoms with Crippen LogP contribution >= 0.6 is 0 Å². The number of fused-ring (bicyclic) bond motifs is 2. The van der Waals surface area contributed by atoms with Gasteiger partial charge in [-0.3, -0.25) is 14.5 Å². The number of aromatic nitrogens is 1. The standard InChI is InChI=1S/C38H45N7O5/c1-25-30(31-23-29(49-5)11-12-33(31)45(25)21-20-44-18-16-43(4)17-19-44)24-35-37(47)32-22-28(10-13-34(32)50-35)41-38(48)40-27-8-6-26(7-9-27)39-36(46)14-15-42(2)3/h6-13,22-24H,14-21H2,1-5H3,(H,39,46)(H2,40,41,48)/b35-24-. The van der Waals surface area contributed by atoms with Crippen molar-refractivity contribution in [3.63, 3.8) is 0 Å². The average molecular weight is 680 g/mol. The van der Waals surface area contributed by atoms with E-state index in [0.717, 1.165) is 67.2 Å². The molecule has 1 saturated heterocycles. The Labute approximate surface area is 292 Å². The number of hydrogen-bond donors (Lipinski definition) is 3. The third kappa shape index (κ3) is 7.99. The zero-order chi connectivity index (χ0) is 35.4. The lowest BCUT2D eigenvalue weighted by molar-refractivity contribution is -0.116. The van der Waals surface area contributed by atoms with Gasteiger partial charge in [-0.2, -0.15) is 0 Å². The molecule has 3 heterocycles. The van der Waals surface area contributed by atoms with Crippen molar-refractivity contribution in [2.75, 3.05) is 83.5 Å². The first-order chi connectivity index (χ1) is 24.1. The van der Waals surface area contributed by atoms with Gasteiger partial charge in [0.15, 0.2) is 5.76 Å². The number of urea groups is 1. The lowest BCUT2D eigenvalue weighted by Gasteiger charge is -2.32. The van der Waals surface area contributed by atoms with Crippen molar-refractivity contribution in [1.29, 1.82) is 0 Å². The highest BCUT2D eigenvalue weighted by molar-refractivity contribution is 6.16. The summed E-state index contributed by atoms with van der Waals surface area (Å²) in [5, 5.41) is 9.42. The number of Topliss-reactive ketones (excluding diaryl/α,β-unsaturated/α-hetero) is 1. The van der Waals surface area contributed by atoms with Crippen LogP contribution in [0.25, 0.3) is 17.0 Å². The second-order valence-electron chi connectivity index (χ2n) is 13.1. The van der Waals surface area contributed by atoms with Gasteiger partial charge < -0.3 is 39.8 Å². The SMILES string of the molecule is COc1ccc2c(c1)c(/C=C1\Oc3ccc(NC(=O)Nc4ccc(NC(=O)CCN(C)C)cc4)cc3C1=O)c(C)n2CCN1CCN(C)CC1. The molecule has 0 saturated carbocycles. The molecule has 3 aromatic carbocycles. The van der Waals surface area contributed by atoms with Crippen molar-refractivity contribution < 1.29 is 23.9 Å². The molecule has 0 bridgehead atoms. The third-order valence-corrected chi connectivity index (χ3v) is 9.23. The number of nitrogens with one attached hydrogen (secondary N) is 3. The summed E-state index contributed by atoms with van der Waals surface area (Å²) in [6.07, 6.45) is 2.21. The molecule has 2 aliphatic rings. The number of hydrogen-bond acceptors (Lipinski definition) is 8. The lowest BCUT2D eigenvalue weighted by atomic mass is 10.1. The monoisotopic (exact) mass is 679 g/mol. The zero-order valence-corrected chi connectivity index (χ0v) is 29.3. The first-order valence-electron chi connectivity index (χ1n) is 16.9. The van der Waals surface area contributed by atoms with Gasteiger partial charge in [-0.1, -0.05) is 0 Å². The maximum atomic E-state index is 13.7. The van der Waals surface area contributed by atoms with Gasteiger partial charge in [0, 0.05) is 91.5 Å². The van der Waals surface area contributed by atoms with Crippen molar-refractivity contribution in [3.05, 3.63) is 83.2 Å². The summed E-state index contributed by atoms with van der Waals surface area (Å²) >= 11 is 0. The molecule has 2 aliphatic heterocycles. The first-order valence-corrected chi connectivity index (χ1v) is 16.9. The number of piperazine rings is 1. The van der Waals surface area contributed by atoms with E-state index in [4.69, 9.17) is 9.47 Å². The van der Waals surface area contributed by atoms with E-state index in [1.165, 1.54) is 0 Å². The third-order valence-electron chi connectivity index (χ3n) is 9.23. The van der Waals surface area contributed by atoms with Gasteiger partial charge in [0.1, 0.15) is 11.5 Å². The van der Waals surface area contributed by atoms with E-state index in [1.54, 1.807) is 49.6 Å². The molecule has 0 aliphatic carbocycles. The number of ether oxygens (including phenoxy) is 2. The Morgan fingerprint density at radius 3 is 2.28 bits per heavy atom. The number of amides is 3. The molecular formula is C38H45N7O5. The highest BCUT2D eigenvalue weighted by Gasteiger charge is 2.29. The summed E-state index contributed by atoms with van der Waals surface area (Å²) in [6.45, 7) is 8.71. The van der Waals surface area contributed by atoms with Gasteiger partial charge in [0.25, 0.3) is 0 Å². The first kappa shape index (κ1) is 34.7. The summed E-state index contributed by atoms with van der Waals surface area (Å²) in [5.74, 6) is 1.06. The molecule has 1 aromatic heterocycles. The van der Waals surface area contributed by atoms with Gasteiger partial charge in [-0.15, -0.1) is 0 Å². The zero-order valence-electron chi connectivity index (χ0n) is 29.3. The van der Waals surface area contributed by atoms with Crippen LogP contribution in [0, 0.1) is 6.92 Å². The molecule has 0 radical (unpaired) electrons. The normalized spacial score (nSPS) is 15.7. The molecule has 12 nitrogen and oxygen atoms in total. The number of carbonyl (C=O) groups excluding carboxylic acids is 3. The predicted molar refractivity (Wildman–Crippen MR) is 197 cm³/mol. The van der Waals surface area contributed by atoms with Crippen LogP contribution in [0.1, 0.15) is 28.0 Å². The summed E-state index contributed by atoms with van der Waals surface area (Å²) in [7, 11) is 7.64. The summed E-state index contributed by atoms with van der Waals surface area (Å²) in [6, 6.07) is 17.4. The summed E-state index contributed by atoms with van der Waals surface area (Å²) in [4.78, 5) is 45.4. The number of allylic oxidation sites excluding steroid dienone is 1. The van der Waals surface area contributed by atoms with Crippen LogP contribution < -0.4 is 25.4 Å². The minimum absolute atomic E-state index is 0.0795. The van der Waals surface area contributed by atoms with Crippen LogP contribution in [0.3, 0.4) is 0 Å². The maximum absolute atomic E-state index is 13.7. The Balaban J connectivity index is 1.14. The molecule has 0 atom stereocenters. The molecule has 3 amide bonds. The molecule has 262 valence electrons. The molecule has 6 rings (SSSR count). The Kier molecular flexibility index (Phi) is 10.5. The topological polar surface area (TPSA) is 120 Å². The Bertz CT molecular complexity index is 1920. The van der Waals surface area contributed by atoms with E-state index < -0.39 is 6.03 Å². The van der Waals surface area contributed by atoms with Crippen LogP contribution in [0.4, 0.5) is 21.9 Å². The van der Waals surface area contributed by atoms with Crippen LogP contribution in [0.2, 0.25) is 0 Å². The fourth-order valence-electron chi connectivity index (χ4n) is 6.27. The van der Waals surface area contributed by atoms with E-state index in [-0.39, 0.29) is 17.4 Å². The molecule has 0 unspecified atom stereocenters. The molecular weight excluding hydrogens is 634 g/mol. The van der Waals surface area contributed by atoms with Gasteiger partial charge in [-0.05, 0) is 94.8 Å². The van der Waals surface area contributed by atoms with Crippen molar-refractivity contribution in [3.8, 4) is 11.5 Å². The van der Waals surface area contributed by atoms with Gasteiger partial charge in [-0.25, -0.2) is 4.79 Å². The number of rotatable bonds is 11. The maximum Gasteiger partial charge on any atom is 0.323 e. The second-order valence-corrected chi connectivity index (χ2v) is 13.1. The number of likely N-dealkylation sites (N-methyl/N-ethyl adjacent to an activating group) is 1. The fourth-order valence-corrected chi connectivity index (χ4v) is 6.27. The van der Waals surface area contributed by atoms with E-state index in [0.29, 0.717) is 41.3 Å². The molecule has 3 N–H and O–H groups in total. The van der Waals surface area contributed by atoms with Crippen molar-refractivity contribution >= 4 is 51.8 Å². The largest absolute Gasteiger partial charge is 0.497 e. The minimum Gasteiger partial charge on any atom is -0.497 e. The highest BCUT2D eigenvalue weighted by Crippen LogP contribution is 2.37. The smallest absolute Gasteiger partial charge is 0.323 e. The number of benzene rings is 3. The second kappa shape index (κ2) is 15.2. The van der Waals surface area contributed by atoms with E-state index in [9.17, 15) is 14.4 Å². The lowest BCUT2D eigenvalue weighted by Crippen LogP contribution is -2.45. The molecule has 0 spiro atoms. The average Bonchev–Trinajstić information content (AvgIpc) is 3.55. The molecule has 50 heavy (non-hydrogen) atoms. The van der Waals surface area contributed by atoms with Crippen LogP contribution in [0.5, 0.6) is 11.5 Å². The van der Waals surface area contributed by atoms with Gasteiger partial charge in [0.2, 0.25) is 11.7 Å². The van der Waals surface area contributed by atoms with Crippen LogP contribution in [-0.2, 0) is 11.3 Å². The number of nitrogens with zero attached hydrogens (tertiary/aromatic N) is 4.